The fourth-order valence-electron chi connectivity index (χ4n) is 3.44. The lowest BCUT2D eigenvalue weighted by Crippen LogP contribution is -2.18. The van der Waals surface area contributed by atoms with Gasteiger partial charge in [-0.3, -0.25) is 19.7 Å². The van der Waals surface area contributed by atoms with Gasteiger partial charge in [-0.1, -0.05) is 6.07 Å². The van der Waals surface area contributed by atoms with Gasteiger partial charge in [0.1, 0.15) is 5.78 Å². The highest BCUT2D eigenvalue weighted by Crippen LogP contribution is 2.35. The van der Waals surface area contributed by atoms with E-state index in [9.17, 15) is 19.7 Å². The summed E-state index contributed by atoms with van der Waals surface area (Å²) in [6.45, 7) is -0.334. The van der Waals surface area contributed by atoms with E-state index >= 15 is 0 Å². The second-order valence-corrected chi connectivity index (χ2v) is 6.87. The van der Waals surface area contributed by atoms with Gasteiger partial charge >= 0.3 is 5.97 Å². The maximum absolute atomic E-state index is 12.7. The van der Waals surface area contributed by atoms with Crippen molar-refractivity contribution < 1.29 is 28.7 Å². The van der Waals surface area contributed by atoms with E-state index in [2.05, 4.69) is 4.74 Å². The maximum Gasteiger partial charge on any atom is 0.305 e. The Morgan fingerprint density at radius 1 is 1.18 bits per heavy atom. The molecule has 0 amide bonds. The summed E-state index contributed by atoms with van der Waals surface area (Å²) in [7, 11) is 2.80. The number of carbonyl (C=O) groups is 2. The SMILES string of the molecule is COC(=O)CCC(=O)C(CC[N+](=O)[O-])c1ccc(OC)c(OC2CCCC2)c1. The quantitative estimate of drug-likeness (QED) is 0.323. The number of ketones is 1. The molecule has 0 aliphatic heterocycles. The van der Waals surface area contributed by atoms with Gasteiger partial charge in [-0.05, 0) is 43.4 Å². The number of rotatable bonds is 11. The van der Waals surface area contributed by atoms with E-state index in [1.807, 2.05) is 0 Å². The molecule has 2 rings (SSSR count). The van der Waals surface area contributed by atoms with Crippen molar-refractivity contribution in [3.8, 4) is 11.5 Å². The molecule has 0 aromatic heterocycles. The van der Waals surface area contributed by atoms with E-state index in [0.717, 1.165) is 25.7 Å². The first kappa shape index (κ1) is 21.7. The van der Waals surface area contributed by atoms with Gasteiger partial charge in [-0.15, -0.1) is 0 Å². The highest BCUT2D eigenvalue weighted by atomic mass is 16.6. The fraction of sp³-hybridized carbons (Fsp3) is 0.600. The van der Waals surface area contributed by atoms with Gasteiger partial charge in [0.25, 0.3) is 0 Å². The zero-order valence-corrected chi connectivity index (χ0v) is 16.3. The average Bonchev–Trinajstić information content (AvgIpc) is 3.19. The van der Waals surface area contributed by atoms with Crippen molar-refractivity contribution in [1.29, 1.82) is 0 Å². The van der Waals surface area contributed by atoms with Gasteiger partial charge in [0.05, 0.1) is 26.7 Å². The van der Waals surface area contributed by atoms with Crippen LogP contribution in [-0.2, 0) is 14.3 Å². The van der Waals surface area contributed by atoms with E-state index in [1.54, 1.807) is 25.3 Å². The largest absolute Gasteiger partial charge is 0.493 e. The van der Waals surface area contributed by atoms with Gasteiger partial charge in [0.15, 0.2) is 11.5 Å². The summed E-state index contributed by atoms with van der Waals surface area (Å²) in [5.41, 5.74) is 0.630. The number of methoxy groups -OCH3 is 2. The lowest BCUT2D eigenvalue weighted by molar-refractivity contribution is -0.480. The summed E-state index contributed by atoms with van der Waals surface area (Å²) >= 11 is 0. The molecule has 0 radical (unpaired) electrons. The van der Waals surface area contributed by atoms with Crippen molar-refractivity contribution >= 4 is 11.8 Å². The lowest BCUT2D eigenvalue weighted by Gasteiger charge is -2.20. The van der Waals surface area contributed by atoms with Crippen LogP contribution in [-0.4, -0.2) is 43.5 Å². The Labute approximate surface area is 164 Å². The van der Waals surface area contributed by atoms with Gasteiger partial charge in [-0.25, -0.2) is 0 Å². The number of nitro groups is 1. The molecular formula is C20H27NO7. The summed E-state index contributed by atoms with van der Waals surface area (Å²) < 4.78 is 16.0. The minimum absolute atomic E-state index is 0.0279. The number of Topliss-reactive ketones (excluding diaryl/α,β-unsaturated/α-hetero) is 1. The molecule has 28 heavy (non-hydrogen) atoms. The second kappa shape index (κ2) is 10.6. The topological polar surface area (TPSA) is 105 Å². The third-order valence-corrected chi connectivity index (χ3v) is 4.98. The Bertz CT molecular complexity index is 698. The van der Waals surface area contributed by atoms with Gasteiger partial charge in [0.2, 0.25) is 6.54 Å². The molecule has 1 fully saturated rings. The van der Waals surface area contributed by atoms with Gasteiger partial charge in [-0.2, -0.15) is 0 Å². The molecule has 8 nitrogen and oxygen atoms in total. The molecule has 0 bridgehead atoms. The molecule has 154 valence electrons. The first-order valence-corrected chi connectivity index (χ1v) is 9.50. The monoisotopic (exact) mass is 393 g/mol. The molecule has 1 atom stereocenters. The lowest BCUT2D eigenvalue weighted by atomic mass is 9.89. The third-order valence-electron chi connectivity index (χ3n) is 4.98. The van der Waals surface area contributed by atoms with Crippen LogP contribution >= 0.6 is 0 Å². The third kappa shape index (κ3) is 6.21. The Kier molecular flexibility index (Phi) is 8.22. The number of hydrogen-bond donors (Lipinski definition) is 0. The summed E-state index contributed by atoms with van der Waals surface area (Å²) in [4.78, 5) is 34.4. The van der Waals surface area contributed by atoms with Crippen molar-refractivity contribution in [2.75, 3.05) is 20.8 Å². The molecule has 0 saturated heterocycles. The number of carbonyl (C=O) groups excluding carboxylic acids is 2. The summed E-state index contributed by atoms with van der Waals surface area (Å²) in [5, 5.41) is 10.8. The van der Waals surface area contributed by atoms with Crippen LogP contribution in [0.25, 0.3) is 0 Å². The highest BCUT2D eigenvalue weighted by Gasteiger charge is 2.26. The molecule has 0 heterocycles. The summed E-state index contributed by atoms with van der Waals surface area (Å²) in [6.07, 6.45) is 4.26. The highest BCUT2D eigenvalue weighted by molar-refractivity contribution is 5.88. The molecule has 1 aliphatic carbocycles. The number of benzene rings is 1. The number of esters is 1. The molecule has 1 unspecified atom stereocenters. The molecule has 1 aromatic carbocycles. The van der Waals surface area contributed by atoms with Crippen LogP contribution < -0.4 is 9.47 Å². The molecule has 0 spiro atoms. The van der Waals surface area contributed by atoms with Crippen LogP contribution in [0.15, 0.2) is 18.2 Å². The van der Waals surface area contributed by atoms with Gasteiger partial charge < -0.3 is 14.2 Å². The van der Waals surface area contributed by atoms with E-state index in [0.29, 0.717) is 17.1 Å². The van der Waals surface area contributed by atoms with Crippen LogP contribution in [0.2, 0.25) is 0 Å². The van der Waals surface area contributed by atoms with Crippen molar-refractivity contribution in [1.82, 2.24) is 0 Å². The van der Waals surface area contributed by atoms with E-state index in [1.165, 1.54) is 7.11 Å². The van der Waals surface area contributed by atoms with Gasteiger partial charge in [0, 0.05) is 23.7 Å². The van der Waals surface area contributed by atoms with E-state index in [-0.39, 0.29) is 37.7 Å². The van der Waals surface area contributed by atoms with Crippen LogP contribution in [0.3, 0.4) is 0 Å². The van der Waals surface area contributed by atoms with Crippen molar-refractivity contribution in [2.24, 2.45) is 0 Å². The first-order valence-electron chi connectivity index (χ1n) is 9.50. The number of nitrogens with zero attached hydrogens (tertiary/aromatic N) is 1. The van der Waals surface area contributed by atoms with Crippen LogP contribution in [0.4, 0.5) is 0 Å². The minimum Gasteiger partial charge on any atom is -0.493 e. The standard InChI is InChI=1S/C20H27NO7/c1-26-18-9-7-14(13-19(18)28-15-5-3-4-6-15)16(11-12-21(24)25)17(22)8-10-20(23)27-2/h7,9,13,15-16H,3-6,8,10-12H2,1-2H3. The zero-order valence-electron chi connectivity index (χ0n) is 16.3. The molecule has 1 saturated carbocycles. The van der Waals surface area contributed by atoms with Crippen molar-refractivity contribution in [3.05, 3.63) is 33.9 Å². The summed E-state index contributed by atoms with van der Waals surface area (Å²) in [5.74, 6) is -0.304. The Morgan fingerprint density at radius 3 is 2.50 bits per heavy atom. The summed E-state index contributed by atoms with van der Waals surface area (Å²) in [6, 6.07) is 5.17. The van der Waals surface area contributed by atoms with E-state index < -0.39 is 16.8 Å². The van der Waals surface area contributed by atoms with Crippen LogP contribution in [0.5, 0.6) is 11.5 Å². The smallest absolute Gasteiger partial charge is 0.305 e. The first-order chi connectivity index (χ1) is 13.4. The zero-order chi connectivity index (χ0) is 20.5. The number of ether oxygens (including phenoxy) is 3. The molecule has 8 heteroatoms. The average molecular weight is 393 g/mol. The minimum atomic E-state index is -0.688. The normalized spacial score (nSPS) is 15.1. The fourth-order valence-corrected chi connectivity index (χ4v) is 3.44. The molecule has 1 aromatic rings. The Morgan fingerprint density at radius 2 is 1.89 bits per heavy atom. The molecule has 0 N–H and O–H groups in total. The predicted octanol–water partition coefficient (Wildman–Crippen LogP) is 3.29. The van der Waals surface area contributed by atoms with Crippen molar-refractivity contribution in [3.63, 3.8) is 0 Å². The Balaban J connectivity index is 2.22. The maximum atomic E-state index is 12.7. The van der Waals surface area contributed by atoms with Crippen LogP contribution in [0.1, 0.15) is 56.4 Å². The molecular weight excluding hydrogens is 366 g/mol. The van der Waals surface area contributed by atoms with Crippen molar-refractivity contribution in [2.45, 2.75) is 57.0 Å². The second-order valence-electron chi connectivity index (χ2n) is 6.87. The van der Waals surface area contributed by atoms with Crippen LogP contribution in [0, 0.1) is 10.1 Å². The molecule has 1 aliphatic rings. The Hall–Kier alpha value is -2.64. The van der Waals surface area contributed by atoms with E-state index in [4.69, 9.17) is 9.47 Å². The predicted molar refractivity (Wildman–Crippen MR) is 101 cm³/mol. The number of hydrogen-bond acceptors (Lipinski definition) is 7.